The van der Waals surface area contributed by atoms with Crippen LogP contribution in [0.3, 0.4) is 0 Å². The average Bonchev–Trinajstić information content (AvgIpc) is 3.71. The van der Waals surface area contributed by atoms with Crippen molar-refractivity contribution < 1.29 is 4.42 Å². The topological polar surface area (TPSA) is 31.0 Å². The van der Waals surface area contributed by atoms with Crippen LogP contribution in [-0.2, 0) is 0 Å². The lowest BCUT2D eigenvalue weighted by Gasteiger charge is -2.14. The van der Waals surface area contributed by atoms with Crippen molar-refractivity contribution in [1.82, 2.24) is 9.55 Å². The van der Waals surface area contributed by atoms with Crippen molar-refractivity contribution in [3.05, 3.63) is 170 Å². The first-order chi connectivity index (χ1) is 23.8. The summed E-state index contributed by atoms with van der Waals surface area (Å²) in [6.45, 7) is 0. The van der Waals surface area contributed by atoms with E-state index in [0.29, 0.717) is 0 Å². The lowest BCUT2D eigenvalue weighted by Crippen LogP contribution is -1.96. The van der Waals surface area contributed by atoms with Gasteiger partial charge in [-0.2, -0.15) is 0 Å². The number of aromatic nitrogens is 2. The van der Waals surface area contributed by atoms with E-state index < -0.39 is 0 Å². The minimum absolute atomic E-state index is 0.909. The Morgan fingerprint density at radius 2 is 1.19 bits per heavy atom. The first-order valence-corrected chi connectivity index (χ1v) is 16.3. The number of furan rings is 1. The van der Waals surface area contributed by atoms with Crippen LogP contribution < -0.4 is 0 Å². The number of pyridine rings is 1. The summed E-state index contributed by atoms with van der Waals surface area (Å²) < 4.78 is 8.90. The highest BCUT2D eigenvalue weighted by atomic mass is 16.3. The van der Waals surface area contributed by atoms with E-state index in [9.17, 15) is 0 Å². The van der Waals surface area contributed by atoms with Crippen molar-refractivity contribution in [3.8, 4) is 39.2 Å². The number of hydrogen-bond donors (Lipinski definition) is 0. The van der Waals surface area contributed by atoms with Crippen molar-refractivity contribution in [3.63, 3.8) is 0 Å². The van der Waals surface area contributed by atoms with Crippen LogP contribution in [0.4, 0.5) is 0 Å². The molecule has 0 aliphatic heterocycles. The van der Waals surface area contributed by atoms with Gasteiger partial charge in [0, 0.05) is 32.5 Å². The van der Waals surface area contributed by atoms with Gasteiger partial charge in [0.25, 0.3) is 0 Å². The molecule has 0 amide bonds. The average molecular weight is 613 g/mol. The Labute approximate surface area is 277 Å². The maximum absolute atomic E-state index is 6.57. The Morgan fingerprint density at radius 3 is 2.00 bits per heavy atom. The van der Waals surface area contributed by atoms with Gasteiger partial charge in [0.1, 0.15) is 11.2 Å². The normalized spacial score (nSPS) is 11.8. The largest absolute Gasteiger partial charge is 0.455 e. The smallest absolute Gasteiger partial charge is 0.143 e. The highest BCUT2D eigenvalue weighted by Crippen LogP contribution is 2.42. The van der Waals surface area contributed by atoms with E-state index in [2.05, 4.69) is 162 Å². The van der Waals surface area contributed by atoms with Crippen molar-refractivity contribution in [2.75, 3.05) is 0 Å². The van der Waals surface area contributed by atoms with Gasteiger partial charge in [-0.25, -0.2) is 0 Å². The third kappa shape index (κ3) is 4.04. The van der Waals surface area contributed by atoms with Crippen molar-refractivity contribution >= 4 is 54.5 Å². The summed E-state index contributed by atoms with van der Waals surface area (Å²) in [4.78, 5) is 5.14. The number of nitrogens with zero attached hydrogens (tertiary/aromatic N) is 2. The van der Waals surface area contributed by atoms with Gasteiger partial charge in [0.15, 0.2) is 0 Å². The number of rotatable bonds is 4. The molecule has 0 radical (unpaired) electrons. The molecule has 0 unspecified atom stereocenters. The monoisotopic (exact) mass is 612 g/mol. The van der Waals surface area contributed by atoms with Gasteiger partial charge in [-0.15, -0.1) is 0 Å². The third-order valence-corrected chi connectivity index (χ3v) is 9.65. The van der Waals surface area contributed by atoms with Gasteiger partial charge in [-0.1, -0.05) is 121 Å². The fourth-order valence-corrected chi connectivity index (χ4v) is 7.44. The Kier molecular flexibility index (Phi) is 5.87. The molecular weight excluding hydrogens is 585 g/mol. The summed E-state index contributed by atoms with van der Waals surface area (Å²) in [7, 11) is 0. The molecule has 0 atom stereocenters. The SMILES string of the molecule is c1ccc(-c2ccc(-c3ccccc3)c(-c3ccc(-n4c5ccccc5c5c6c(ccc7c8ccccc8oc76)ccc54)cn3)c2)cc1. The van der Waals surface area contributed by atoms with E-state index in [1.807, 2.05) is 12.3 Å². The third-order valence-electron chi connectivity index (χ3n) is 9.65. The highest BCUT2D eigenvalue weighted by molar-refractivity contribution is 6.29. The van der Waals surface area contributed by atoms with Crippen LogP contribution in [0, 0.1) is 0 Å². The second-order valence-corrected chi connectivity index (χ2v) is 12.3. The predicted octanol–water partition coefficient (Wildman–Crippen LogP) is 12.2. The Bertz CT molecular complexity index is 2810. The van der Waals surface area contributed by atoms with E-state index in [0.717, 1.165) is 66.3 Å². The zero-order chi connectivity index (χ0) is 31.6. The number of fused-ring (bicyclic) bond motifs is 9. The van der Waals surface area contributed by atoms with Crippen LogP contribution in [0.1, 0.15) is 0 Å². The molecule has 48 heavy (non-hydrogen) atoms. The molecule has 0 fully saturated rings. The molecule has 10 aromatic rings. The van der Waals surface area contributed by atoms with Crippen LogP contribution >= 0.6 is 0 Å². The second kappa shape index (κ2) is 10.5. The molecule has 10 rings (SSSR count). The molecule has 3 aromatic heterocycles. The van der Waals surface area contributed by atoms with Gasteiger partial charge in [0.05, 0.1) is 28.6 Å². The van der Waals surface area contributed by atoms with Gasteiger partial charge < -0.3 is 8.98 Å². The summed E-state index contributed by atoms with van der Waals surface area (Å²) in [6.07, 6.45) is 2.01. The van der Waals surface area contributed by atoms with Gasteiger partial charge >= 0.3 is 0 Å². The number of para-hydroxylation sites is 2. The molecule has 224 valence electrons. The van der Waals surface area contributed by atoms with E-state index in [1.165, 1.54) is 27.5 Å². The van der Waals surface area contributed by atoms with E-state index in [1.54, 1.807) is 0 Å². The summed E-state index contributed by atoms with van der Waals surface area (Å²) >= 11 is 0. The Balaban J connectivity index is 1.18. The first kappa shape index (κ1) is 26.7. The maximum atomic E-state index is 6.57. The molecule has 3 heterocycles. The predicted molar refractivity (Wildman–Crippen MR) is 200 cm³/mol. The lowest BCUT2D eigenvalue weighted by atomic mass is 9.93. The van der Waals surface area contributed by atoms with Crippen LogP contribution in [0.2, 0.25) is 0 Å². The molecule has 0 spiro atoms. The zero-order valence-electron chi connectivity index (χ0n) is 26.0. The minimum atomic E-state index is 0.909. The second-order valence-electron chi connectivity index (χ2n) is 12.3. The molecule has 0 saturated heterocycles. The van der Waals surface area contributed by atoms with Gasteiger partial charge in [-0.05, 0) is 70.1 Å². The van der Waals surface area contributed by atoms with Gasteiger partial charge in [-0.3, -0.25) is 4.98 Å². The van der Waals surface area contributed by atoms with E-state index in [-0.39, 0.29) is 0 Å². The zero-order valence-corrected chi connectivity index (χ0v) is 26.0. The highest BCUT2D eigenvalue weighted by Gasteiger charge is 2.19. The minimum Gasteiger partial charge on any atom is -0.455 e. The standard InChI is InChI=1S/C45H28N2O/c1-3-11-29(12-4-1)32-20-23-34(30-13-5-2-6-14-30)38(27-32)39-25-22-33(28-46-39)47-40-17-9-7-16-37(40)44-41(47)26-21-31-19-24-36-35-15-8-10-18-42(35)48-45(36)43(31)44/h1-28H. The van der Waals surface area contributed by atoms with Gasteiger partial charge in [0.2, 0.25) is 0 Å². The maximum Gasteiger partial charge on any atom is 0.143 e. The summed E-state index contributed by atoms with van der Waals surface area (Å²) in [5, 5.41) is 6.97. The van der Waals surface area contributed by atoms with Crippen LogP contribution in [0.5, 0.6) is 0 Å². The molecule has 3 nitrogen and oxygen atoms in total. The lowest BCUT2D eigenvalue weighted by molar-refractivity contribution is 0.673. The van der Waals surface area contributed by atoms with Crippen molar-refractivity contribution in [1.29, 1.82) is 0 Å². The molecular formula is C45H28N2O. The van der Waals surface area contributed by atoms with Crippen LogP contribution in [0.15, 0.2) is 174 Å². The fourth-order valence-electron chi connectivity index (χ4n) is 7.44. The Morgan fingerprint density at radius 1 is 0.458 bits per heavy atom. The quantitative estimate of drug-likeness (QED) is 0.198. The molecule has 3 heteroatoms. The van der Waals surface area contributed by atoms with E-state index in [4.69, 9.17) is 9.40 Å². The number of hydrogen-bond acceptors (Lipinski definition) is 2. The molecule has 0 bridgehead atoms. The van der Waals surface area contributed by atoms with Crippen LogP contribution in [0.25, 0.3) is 93.7 Å². The summed E-state index contributed by atoms with van der Waals surface area (Å²) in [6, 6.07) is 58.0. The van der Waals surface area contributed by atoms with Crippen molar-refractivity contribution in [2.45, 2.75) is 0 Å². The van der Waals surface area contributed by atoms with E-state index >= 15 is 0 Å². The number of benzene rings is 7. The Hall–Kier alpha value is -6.45. The first-order valence-electron chi connectivity index (χ1n) is 16.3. The molecule has 0 aliphatic carbocycles. The van der Waals surface area contributed by atoms with Crippen molar-refractivity contribution in [2.24, 2.45) is 0 Å². The van der Waals surface area contributed by atoms with Crippen LogP contribution in [-0.4, -0.2) is 9.55 Å². The molecule has 0 saturated carbocycles. The molecule has 0 N–H and O–H groups in total. The molecule has 0 aliphatic rings. The fraction of sp³-hybridized carbons (Fsp3) is 0. The molecule has 7 aromatic carbocycles. The summed E-state index contributed by atoms with van der Waals surface area (Å²) in [5.74, 6) is 0. The summed E-state index contributed by atoms with van der Waals surface area (Å²) in [5.41, 5.74) is 11.9.